The van der Waals surface area contributed by atoms with E-state index in [0.29, 0.717) is 0 Å². The lowest BCUT2D eigenvalue weighted by Gasteiger charge is -2.12. The van der Waals surface area contributed by atoms with Crippen molar-refractivity contribution in [1.29, 1.82) is 0 Å². The molecule has 5 heterocycles. The van der Waals surface area contributed by atoms with Crippen LogP contribution in [-0.2, 0) is 0 Å². The highest BCUT2D eigenvalue weighted by Gasteiger charge is 2.21. The van der Waals surface area contributed by atoms with Gasteiger partial charge in [-0.05, 0) is 48.5 Å². The molecule has 0 unspecified atom stereocenters. The van der Waals surface area contributed by atoms with Gasteiger partial charge < -0.3 is 9.13 Å². The fourth-order valence-corrected chi connectivity index (χ4v) is 5.63. The predicted octanol–water partition coefficient (Wildman–Crippen LogP) is 7.73. The second-order valence-electron chi connectivity index (χ2n) is 9.37. The standard InChI is InChI=1S/C33H21N5/c1-2-10-22(11-3-1)37-29-15-6-4-12-24(29)26-21-36-31-25-13-5-7-16-30(25)38(33(31)32(26)37)23-17-18-28(35-20-23)27-14-8-9-19-34-27/h1-21H. The molecule has 0 amide bonds. The van der Waals surface area contributed by atoms with E-state index in [-0.39, 0.29) is 0 Å². The van der Waals surface area contributed by atoms with Crippen molar-refractivity contribution in [2.24, 2.45) is 0 Å². The summed E-state index contributed by atoms with van der Waals surface area (Å²) in [5.41, 5.74) is 9.22. The molecule has 38 heavy (non-hydrogen) atoms. The van der Waals surface area contributed by atoms with Gasteiger partial charge in [-0.15, -0.1) is 0 Å². The zero-order chi connectivity index (χ0) is 25.1. The van der Waals surface area contributed by atoms with Gasteiger partial charge >= 0.3 is 0 Å². The van der Waals surface area contributed by atoms with E-state index in [0.717, 1.165) is 61.1 Å². The van der Waals surface area contributed by atoms with Crippen molar-refractivity contribution in [2.45, 2.75) is 0 Å². The second-order valence-corrected chi connectivity index (χ2v) is 9.37. The fourth-order valence-electron chi connectivity index (χ4n) is 5.63. The maximum atomic E-state index is 5.04. The highest BCUT2D eigenvalue weighted by atomic mass is 15.1. The highest BCUT2D eigenvalue weighted by molar-refractivity contribution is 6.22. The summed E-state index contributed by atoms with van der Waals surface area (Å²) in [6.45, 7) is 0. The molecule has 0 fully saturated rings. The predicted molar refractivity (Wildman–Crippen MR) is 154 cm³/mol. The normalized spacial score (nSPS) is 11.7. The molecule has 0 saturated heterocycles. The zero-order valence-electron chi connectivity index (χ0n) is 20.4. The van der Waals surface area contributed by atoms with Crippen LogP contribution in [-0.4, -0.2) is 24.1 Å². The first-order chi connectivity index (χ1) is 18.9. The van der Waals surface area contributed by atoms with Crippen LogP contribution in [0.5, 0.6) is 0 Å². The van der Waals surface area contributed by atoms with Crippen LogP contribution in [0.15, 0.2) is 128 Å². The van der Waals surface area contributed by atoms with Crippen LogP contribution in [0.4, 0.5) is 0 Å². The number of hydrogen-bond donors (Lipinski definition) is 0. The monoisotopic (exact) mass is 487 g/mol. The van der Waals surface area contributed by atoms with Crippen molar-refractivity contribution in [3.63, 3.8) is 0 Å². The Labute approximate surface area is 218 Å². The Bertz CT molecular complexity index is 2110. The molecule has 8 rings (SSSR count). The summed E-state index contributed by atoms with van der Waals surface area (Å²) in [6, 6.07) is 37.6. The van der Waals surface area contributed by atoms with E-state index in [4.69, 9.17) is 9.97 Å². The molecule has 178 valence electrons. The molecule has 0 spiro atoms. The van der Waals surface area contributed by atoms with Gasteiger partial charge in [0.15, 0.2) is 0 Å². The summed E-state index contributed by atoms with van der Waals surface area (Å²) in [5.74, 6) is 0. The molecule has 3 aromatic carbocycles. The molecule has 5 nitrogen and oxygen atoms in total. The molecule has 0 aliphatic heterocycles. The molecule has 0 atom stereocenters. The Morgan fingerprint density at radius 2 is 1.11 bits per heavy atom. The van der Waals surface area contributed by atoms with E-state index in [1.54, 1.807) is 6.20 Å². The third kappa shape index (κ3) is 2.96. The zero-order valence-corrected chi connectivity index (χ0v) is 20.4. The minimum Gasteiger partial charge on any atom is -0.307 e. The number of fused-ring (bicyclic) bond motifs is 7. The van der Waals surface area contributed by atoms with Crippen LogP contribution >= 0.6 is 0 Å². The van der Waals surface area contributed by atoms with Gasteiger partial charge in [0.25, 0.3) is 0 Å². The summed E-state index contributed by atoms with van der Waals surface area (Å²) in [7, 11) is 0. The Kier molecular flexibility index (Phi) is 4.45. The topological polar surface area (TPSA) is 48.5 Å². The first-order valence-corrected chi connectivity index (χ1v) is 12.6. The van der Waals surface area contributed by atoms with E-state index >= 15 is 0 Å². The lowest BCUT2D eigenvalue weighted by Crippen LogP contribution is -1.99. The molecule has 0 N–H and O–H groups in total. The SMILES string of the molecule is c1ccc(-n2c3ccccc3c3cnc4c5ccccc5n(-c5ccc(-c6ccccn6)nc5)c4c32)cc1. The molecule has 0 radical (unpaired) electrons. The number of pyridine rings is 3. The molecule has 0 aliphatic rings. The van der Waals surface area contributed by atoms with Gasteiger partial charge in [-0.1, -0.05) is 60.7 Å². The fraction of sp³-hybridized carbons (Fsp3) is 0. The van der Waals surface area contributed by atoms with Crippen LogP contribution in [0.1, 0.15) is 0 Å². The highest BCUT2D eigenvalue weighted by Crippen LogP contribution is 2.40. The second kappa shape index (κ2) is 8.11. The summed E-state index contributed by atoms with van der Waals surface area (Å²) in [6.07, 6.45) is 5.76. The molecular weight excluding hydrogens is 466 g/mol. The van der Waals surface area contributed by atoms with Gasteiger partial charge in [-0.3, -0.25) is 15.0 Å². The third-order valence-electron chi connectivity index (χ3n) is 7.26. The minimum atomic E-state index is 0.844. The largest absolute Gasteiger partial charge is 0.307 e. The Balaban J connectivity index is 1.52. The third-order valence-corrected chi connectivity index (χ3v) is 7.26. The number of benzene rings is 3. The van der Waals surface area contributed by atoms with Gasteiger partial charge in [0, 0.05) is 34.2 Å². The lowest BCUT2D eigenvalue weighted by molar-refractivity contribution is 1.12. The molecule has 5 aromatic heterocycles. The van der Waals surface area contributed by atoms with Crippen LogP contribution < -0.4 is 0 Å². The van der Waals surface area contributed by atoms with Gasteiger partial charge in [0.1, 0.15) is 0 Å². The molecule has 5 heteroatoms. The number of para-hydroxylation sites is 3. The summed E-state index contributed by atoms with van der Waals surface area (Å²) >= 11 is 0. The molecule has 0 bridgehead atoms. The maximum absolute atomic E-state index is 5.04. The first-order valence-electron chi connectivity index (χ1n) is 12.6. The quantitative estimate of drug-likeness (QED) is 0.256. The van der Waals surface area contributed by atoms with E-state index in [9.17, 15) is 0 Å². The number of nitrogens with zero attached hydrogens (tertiary/aromatic N) is 5. The lowest BCUT2D eigenvalue weighted by atomic mass is 10.2. The number of hydrogen-bond acceptors (Lipinski definition) is 3. The van der Waals surface area contributed by atoms with Gasteiger partial charge in [-0.25, -0.2) is 0 Å². The van der Waals surface area contributed by atoms with Crippen molar-refractivity contribution in [2.75, 3.05) is 0 Å². The van der Waals surface area contributed by atoms with E-state index in [1.165, 1.54) is 5.39 Å². The van der Waals surface area contributed by atoms with Gasteiger partial charge in [0.05, 0.1) is 50.9 Å². The van der Waals surface area contributed by atoms with Crippen molar-refractivity contribution < 1.29 is 0 Å². The average Bonchev–Trinajstić information content (AvgIpc) is 3.51. The Hall–Kier alpha value is -5.29. The van der Waals surface area contributed by atoms with Crippen LogP contribution in [0.2, 0.25) is 0 Å². The van der Waals surface area contributed by atoms with E-state index in [2.05, 4.69) is 99.0 Å². The van der Waals surface area contributed by atoms with Crippen molar-refractivity contribution in [3.8, 4) is 22.8 Å². The minimum absolute atomic E-state index is 0.844. The van der Waals surface area contributed by atoms with Crippen molar-refractivity contribution >= 4 is 43.7 Å². The molecule has 8 aromatic rings. The van der Waals surface area contributed by atoms with Crippen LogP contribution in [0, 0.1) is 0 Å². The Morgan fingerprint density at radius 1 is 0.421 bits per heavy atom. The van der Waals surface area contributed by atoms with E-state index in [1.807, 2.05) is 36.7 Å². The summed E-state index contributed by atoms with van der Waals surface area (Å²) in [5, 5.41) is 3.42. The van der Waals surface area contributed by atoms with Crippen LogP contribution in [0.25, 0.3) is 66.5 Å². The number of rotatable bonds is 3. The van der Waals surface area contributed by atoms with Crippen LogP contribution in [0.3, 0.4) is 0 Å². The van der Waals surface area contributed by atoms with Gasteiger partial charge in [-0.2, -0.15) is 0 Å². The molecule has 0 saturated carbocycles. The maximum Gasteiger partial charge on any atom is 0.0985 e. The average molecular weight is 488 g/mol. The smallest absolute Gasteiger partial charge is 0.0985 e. The first kappa shape index (κ1) is 20.9. The van der Waals surface area contributed by atoms with Crippen molar-refractivity contribution in [1.82, 2.24) is 24.1 Å². The van der Waals surface area contributed by atoms with Gasteiger partial charge in [0.2, 0.25) is 0 Å². The number of aromatic nitrogens is 5. The Morgan fingerprint density at radius 3 is 1.87 bits per heavy atom. The summed E-state index contributed by atoms with van der Waals surface area (Å²) in [4.78, 5) is 14.3. The van der Waals surface area contributed by atoms with E-state index < -0.39 is 0 Å². The molecular formula is C33H21N5. The molecule has 0 aliphatic carbocycles. The van der Waals surface area contributed by atoms with Crippen molar-refractivity contribution in [3.05, 3.63) is 128 Å². The summed E-state index contributed by atoms with van der Waals surface area (Å²) < 4.78 is 4.66.